The number of amides is 2. The lowest BCUT2D eigenvalue weighted by atomic mass is 9.85. The summed E-state index contributed by atoms with van der Waals surface area (Å²) in [6.45, 7) is 8.03. The van der Waals surface area contributed by atoms with E-state index in [1.165, 1.54) is 4.90 Å². The number of imidazole rings is 1. The number of hydrogen-bond donors (Lipinski definition) is 0. The Morgan fingerprint density at radius 3 is 2.00 bits per heavy atom. The molecule has 120 valence electrons. The van der Waals surface area contributed by atoms with E-state index in [2.05, 4.69) is 18.8 Å². The quantitative estimate of drug-likeness (QED) is 0.815. The lowest BCUT2D eigenvalue weighted by molar-refractivity contribution is 0.0403. The van der Waals surface area contributed by atoms with E-state index in [0.29, 0.717) is 17.5 Å². The van der Waals surface area contributed by atoms with Crippen molar-refractivity contribution in [1.29, 1.82) is 0 Å². The predicted octanol–water partition coefficient (Wildman–Crippen LogP) is 3.08. The molecule has 0 atom stereocenters. The molecule has 0 saturated heterocycles. The van der Waals surface area contributed by atoms with Gasteiger partial charge in [0.25, 0.3) is 11.8 Å². The van der Waals surface area contributed by atoms with Crippen molar-refractivity contribution in [3.63, 3.8) is 0 Å². The molecule has 5 nitrogen and oxygen atoms in total. The van der Waals surface area contributed by atoms with E-state index in [9.17, 15) is 9.59 Å². The third kappa shape index (κ3) is 2.46. The van der Waals surface area contributed by atoms with Gasteiger partial charge in [-0.05, 0) is 46.2 Å². The molecule has 0 unspecified atom stereocenters. The molecule has 0 spiro atoms. The number of imide groups is 1. The maximum atomic E-state index is 12.7. The number of rotatable bonds is 4. The standard InChI is InChI=1S/C18H21N3O2/c1-17(2,20-10-9-19-12-20)11-18(3,4)21-15(22)13-7-5-6-8-14(13)16(21)23/h5-10,12H,11H2,1-4H3. The second-order valence-corrected chi connectivity index (χ2v) is 7.26. The maximum Gasteiger partial charge on any atom is 0.262 e. The summed E-state index contributed by atoms with van der Waals surface area (Å²) in [4.78, 5) is 30.9. The molecule has 3 rings (SSSR count). The van der Waals surface area contributed by atoms with Gasteiger partial charge in [-0.1, -0.05) is 12.1 Å². The number of hydrogen-bond acceptors (Lipinski definition) is 3. The van der Waals surface area contributed by atoms with E-state index in [1.54, 1.807) is 36.8 Å². The van der Waals surface area contributed by atoms with Gasteiger partial charge in [-0.3, -0.25) is 14.5 Å². The monoisotopic (exact) mass is 311 g/mol. The van der Waals surface area contributed by atoms with E-state index < -0.39 is 5.54 Å². The van der Waals surface area contributed by atoms with E-state index in [0.717, 1.165) is 0 Å². The molecular weight excluding hydrogens is 290 g/mol. The number of carbonyl (C=O) groups excluding carboxylic acids is 2. The van der Waals surface area contributed by atoms with Crippen LogP contribution in [0.1, 0.15) is 54.8 Å². The van der Waals surface area contributed by atoms with Crippen LogP contribution in [-0.4, -0.2) is 31.8 Å². The van der Waals surface area contributed by atoms with Crippen molar-refractivity contribution in [2.24, 2.45) is 0 Å². The molecule has 0 radical (unpaired) electrons. The summed E-state index contributed by atoms with van der Waals surface area (Å²) >= 11 is 0. The van der Waals surface area contributed by atoms with Crippen LogP contribution in [0.25, 0.3) is 0 Å². The van der Waals surface area contributed by atoms with Crippen LogP contribution in [0.5, 0.6) is 0 Å². The van der Waals surface area contributed by atoms with Crippen molar-refractivity contribution >= 4 is 11.8 Å². The molecule has 0 fully saturated rings. The molecule has 5 heteroatoms. The van der Waals surface area contributed by atoms with E-state index in [1.807, 2.05) is 24.6 Å². The molecule has 1 aliphatic heterocycles. The van der Waals surface area contributed by atoms with Gasteiger partial charge in [0, 0.05) is 23.5 Å². The molecule has 1 aliphatic rings. The number of benzene rings is 1. The summed E-state index contributed by atoms with van der Waals surface area (Å²) < 4.78 is 2.01. The minimum Gasteiger partial charge on any atom is -0.332 e. The fourth-order valence-corrected chi connectivity index (χ4v) is 3.59. The molecule has 2 heterocycles. The molecule has 0 bridgehead atoms. The van der Waals surface area contributed by atoms with Crippen LogP contribution in [0, 0.1) is 0 Å². The summed E-state index contributed by atoms with van der Waals surface area (Å²) in [5, 5.41) is 0. The van der Waals surface area contributed by atoms with Crippen molar-refractivity contribution in [2.75, 3.05) is 0 Å². The van der Waals surface area contributed by atoms with Crippen LogP contribution in [0.3, 0.4) is 0 Å². The van der Waals surface area contributed by atoms with Crippen LogP contribution in [-0.2, 0) is 5.54 Å². The number of fused-ring (bicyclic) bond motifs is 1. The summed E-state index contributed by atoms with van der Waals surface area (Å²) in [5.41, 5.74) is 0.105. The average Bonchev–Trinajstić information content (AvgIpc) is 3.07. The van der Waals surface area contributed by atoms with Crippen molar-refractivity contribution in [2.45, 2.75) is 45.2 Å². The Hall–Kier alpha value is -2.43. The minimum absolute atomic E-state index is 0.211. The fraction of sp³-hybridized carbons (Fsp3) is 0.389. The summed E-state index contributed by atoms with van der Waals surface area (Å²) in [5.74, 6) is -0.422. The van der Waals surface area contributed by atoms with Crippen molar-refractivity contribution in [3.05, 3.63) is 54.1 Å². The number of carbonyl (C=O) groups is 2. The molecule has 0 aliphatic carbocycles. The highest BCUT2D eigenvalue weighted by molar-refractivity contribution is 6.21. The van der Waals surface area contributed by atoms with Gasteiger partial charge >= 0.3 is 0 Å². The first-order valence-electron chi connectivity index (χ1n) is 7.70. The van der Waals surface area contributed by atoms with Gasteiger partial charge in [-0.25, -0.2) is 4.98 Å². The van der Waals surface area contributed by atoms with Crippen LogP contribution < -0.4 is 0 Å². The fourth-order valence-electron chi connectivity index (χ4n) is 3.59. The zero-order valence-electron chi connectivity index (χ0n) is 13.9. The largest absolute Gasteiger partial charge is 0.332 e. The molecule has 2 amide bonds. The smallest absolute Gasteiger partial charge is 0.262 e. The zero-order valence-corrected chi connectivity index (χ0v) is 13.9. The topological polar surface area (TPSA) is 55.2 Å². The highest BCUT2D eigenvalue weighted by Gasteiger charge is 2.46. The van der Waals surface area contributed by atoms with Crippen LogP contribution in [0.2, 0.25) is 0 Å². The van der Waals surface area contributed by atoms with Crippen molar-refractivity contribution in [1.82, 2.24) is 14.5 Å². The van der Waals surface area contributed by atoms with Gasteiger partial charge in [0.05, 0.1) is 17.5 Å². The lowest BCUT2D eigenvalue weighted by Gasteiger charge is -2.40. The number of nitrogens with zero attached hydrogens (tertiary/aromatic N) is 3. The Bertz CT molecular complexity index is 725. The Morgan fingerprint density at radius 2 is 1.52 bits per heavy atom. The SMILES string of the molecule is CC(C)(CC(C)(C)n1ccnc1)N1C(=O)c2ccccc2C1=O. The predicted molar refractivity (Wildman–Crippen MR) is 87.2 cm³/mol. The minimum atomic E-state index is -0.610. The van der Waals surface area contributed by atoms with Gasteiger partial charge in [0.15, 0.2) is 0 Å². The summed E-state index contributed by atoms with van der Waals surface area (Å²) in [7, 11) is 0. The molecule has 0 saturated carbocycles. The van der Waals surface area contributed by atoms with Crippen molar-refractivity contribution in [3.8, 4) is 0 Å². The van der Waals surface area contributed by atoms with Crippen LogP contribution in [0.4, 0.5) is 0 Å². The first kappa shape index (κ1) is 15.5. The molecule has 1 aromatic heterocycles. The van der Waals surface area contributed by atoms with Crippen LogP contribution >= 0.6 is 0 Å². The third-order valence-electron chi connectivity index (χ3n) is 4.47. The first-order chi connectivity index (χ1) is 10.7. The second kappa shape index (κ2) is 5.05. The lowest BCUT2D eigenvalue weighted by Crippen LogP contribution is -2.51. The van der Waals surface area contributed by atoms with E-state index >= 15 is 0 Å². The Labute approximate surface area is 135 Å². The first-order valence-corrected chi connectivity index (χ1v) is 7.70. The molecular formula is C18H21N3O2. The average molecular weight is 311 g/mol. The third-order valence-corrected chi connectivity index (χ3v) is 4.47. The molecule has 1 aromatic carbocycles. The van der Waals surface area contributed by atoms with Gasteiger partial charge < -0.3 is 4.57 Å². The van der Waals surface area contributed by atoms with Crippen LogP contribution in [0.15, 0.2) is 43.0 Å². The zero-order chi connectivity index (χ0) is 16.8. The van der Waals surface area contributed by atoms with Gasteiger partial charge in [-0.2, -0.15) is 0 Å². The highest BCUT2D eigenvalue weighted by atomic mass is 16.2. The van der Waals surface area contributed by atoms with Gasteiger partial charge in [0.1, 0.15) is 0 Å². The molecule has 23 heavy (non-hydrogen) atoms. The maximum absolute atomic E-state index is 12.7. The molecule has 2 aromatic rings. The summed E-state index contributed by atoms with van der Waals surface area (Å²) in [6, 6.07) is 7.01. The van der Waals surface area contributed by atoms with Gasteiger partial charge in [-0.15, -0.1) is 0 Å². The Balaban J connectivity index is 1.92. The van der Waals surface area contributed by atoms with E-state index in [-0.39, 0.29) is 17.4 Å². The van der Waals surface area contributed by atoms with Crippen molar-refractivity contribution < 1.29 is 9.59 Å². The number of aromatic nitrogens is 2. The van der Waals surface area contributed by atoms with E-state index in [4.69, 9.17) is 0 Å². The Kier molecular flexibility index (Phi) is 3.39. The normalized spacial score (nSPS) is 15.2. The molecule has 0 N–H and O–H groups in total. The highest BCUT2D eigenvalue weighted by Crippen LogP contribution is 2.36. The summed E-state index contributed by atoms with van der Waals surface area (Å²) in [6.07, 6.45) is 6.02. The Morgan fingerprint density at radius 1 is 0.957 bits per heavy atom. The van der Waals surface area contributed by atoms with Gasteiger partial charge in [0.2, 0.25) is 0 Å². The second-order valence-electron chi connectivity index (χ2n) is 7.26.